The van der Waals surface area contributed by atoms with Crippen molar-refractivity contribution in [1.82, 2.24) is 4.90 Å². The molecular weight excluding hydrogens is 190 g/mol. The van der Waals surface area contributed by atoms with Crippen LogP contribution in [-0.2, 0) is 9.84 Å². The van der Waals surface area contributed by atoms with Gasteiger partial charge in [0.2, 0.25) is 0 Å². The molecular formula is C7H15N3O2S. The van der Waals surface area contributed by atoms with Gasteiger partial charge in [-0.3, -0.25) is 5.41 Å². The van der Waals surface area contributed by atoms with Gasteiger partial charge in [0.1, 0.15) is 5.37 Å². The van der Waals surface area contributed by atoms with Crippen molar-refractivity contribution in [2.45, 2.75) is 24.6 Å². The largest absolute Gasteiger partial charge is 0.370 e. The van der Waals surface area contributed by atoms with Gasteiger partial charge in [0.15, 0.2) is 15.8 Å². The fourth-order valence-electron chi connectivity index (χ4n) is 1.62. The number of nitrogens with two attached hydrogens (primary N) is 1. The molecule has 1 atom stereocenters. The molecule has 1 aliphatic rings. The monoisotopic (exact) mass is 205 g/mol. The molecule has 0 radical (unpaired) electrons. The lowest BCUT2D eigenvalue weighted by Gasteiger charge is -2.34. The Balaban J connectivity index is 2.86. The third-order valence-electron chi connectivity index (χ3n) is 2.25. The van der Waals surface area contributed by atoms with Crippen LogP contribution in [0.3, 0.4) is 0 Å². The smallest absolute Gasteiger partial charge is 0.189 e. The van der Waals surface area contributed by atoms with Gasteiger partial charge in [0.25, 0.3) is 0 Å². The van der Waals surface area contributed by atoms with Crippen LogP contribution in [0.4, 0.5) is 0 Å². The van der Waals surface area contributed by atoms with E-state index in [1.54, 1.807) is 0 Å². The van der Waals surface area contributed by atoms with E-state index in [4.69, 9.17) is 11.1 Å². The maximum absolute atomic E-state index is 11.3. The Kier molecular flexibility index (Phi) is 2.80. The maximum Gasteiger partial charge on any atom is 0.189 e. The fourth-order valence-corrected chi connectivity index (χ4v) is 2.90. The van der Waals surface area contributed by atoms with E-state index in [0.717, 1.165) is 12.8 Å². The Hall–Kier alpha value is -0.780. The summed E-state index contributed by atoms with van der Waals surface area (Å²) < 4.78 is 22.6. The molecule has 0 spiro atoms. The molecule has 3 N–H and O–H groups in total. The quantitative estimate of drug-likeness (QED) is 0.456. The Bertz CT molecular complexity index is 299. The van der Waals surface area contributed by atoms with Crippen LogP contribution in [0.1, 0.15) is 19.3 Å². The fraction of sp³-hybridized carbons (Fsp3) is 0.857. The normalized spacial score (nSPS) is 24.4. The van der Waals surface area contributed by atoms with E-state index in [0.29, 0.717) is 13.0 Å². The highest BCUT2D eigenvalue weighted by molar-refractivity contribution is 7.91. The molecule has 5 nitrogen and oxygen atoms in total. The highest BCUT2D eigenvalue weighted by atomic mass is 32.2. The summed E-state index contributed by atoms with van der Waals surface area (Å²) in [5.41, 5.74) is 5.30. The van der Waals surface area contributed by atoms with Gasteiger partial charge in [0, 0.05) is 12.8 Å². The van der Waals surface area contributed by atoms with Crippen molar-refractivity contribution in [2.24, 2.45) is 5.73 Å². The molecule has 0 amide bonds. The van der Waals surface area contributed by atoms with Crippen molar-refractivity contribution < 1.29 is 8.42 Å². The predicted octanol–water partition coefficient (Wildman–Crippen LogP) is -0.264. The second-order valence-corrected chi connectivity index (χ2v) is 5.56. The van der Waals surface area contributed by atoms with Gasteiger partial charge in [-0.25, -0.2) is 8.42 Å². The molecule has 1 rings (SSSR count). The minimum Gasteiger partial charge on any atom is -0.370 e. The summed E-state index contributed by atoms with van der Waals surface area (Å²) >= 11 is 0. The molecule has 0 aliphatic carbocycles. The lowest BCUT2D eigenvalue weighted by Crippen LogP contribution is -2.50. The first-order valence-corrected chi connectivity index (χ1v) is 6.18. The van der Waals surface area contributed by atoms with Gasteiger partial charge in [-0.1, -0.05) is 0 Å². The van der Waals surface area contributed by atoms with Crippen LogP contribution < -0.4 is 5.73 Å². The molecule has 0 saturated carbocycles. The van der Waals surface area contributed by atoms with E-state index in [-0.39, 0.29) is 5.96 Å². The summed E-state index contributed by atoms with van der Waals surface area (Å²) in [5, 5.41) is 6.65. The minimum atomic E-state index is -3.11. The zero-order valence-corrected chi connectivity index (χ0v) is 8.47. The number of likely N-dealkylation sites (tertiary alicyclic amines) is 1. The summed E-state index contributed by atoms with van der Waals surface area (Å²) in [6.07, 6.45) is 3.57. The zero-order chi connectivity index (χ0) is 10.1. The molecule has 76 valence electrons. The molecule has 1 aliphatic heterocycles. The van der Waals surface area contributed by atoms with Crippen LogP contribution in [0.15, 0.2) is 0 Å². The van der Waals surface area contributed by atoms with Crippen LogP contribution in [0.25, 0.3) is 0 Å². The number of hydrogen-bond donors (Lipinski definition) is 2. The Morgan fingerprint density at radius 3 is 2.54 bits per heavy atom. The molecule has 0 aromatic heterocycles. The molecule has 0 aromatic rings. The van der Waals surface area contributed by atoms with Crippen LogP contribution in [0.2, 0.25) is 0 Å². The SMILES string of the molecule is CS(=O)(=O)C1CCCCN1C(=N)N. The van der Waals surface area contributed by atoms with E-state index in [1.165, 1.54) is 11.2 Å². The average molecular weight is 205 g/mol. The van der Waals surface area contributed by atoms with E-state index < -0.39 is 15.2 Å². The van der Waals surface area contributed by atoms with Gasteiger partial charge >= 0.3 is 0 Å². The van der Waals surface area contributed by atoms with Crippen molar-refractivity contribution >= 4 is 15.8 Å². The Morgan fingerprint density at radius 2 is 2.15 bits per heavy atom. The Labute approximate surface area is 78.3 Å². The highest BCUT2D eigenvalue weighted by Crippen LogP contribution is 2.20. The molecule has 1 unspecified atom stereocenters. The van der Waals surface area contributed by atoms with E-state index >= 15 is 0 Å². The maximum atomic E-state index is 11.3. The van der Waals surface area contributed by atoms with E-state index in [1.807, 2.05) is 0 Å². The molecule has 1 fully saturated rings. The second-order valence-electron chi connectivity index (χ2n) is 3.36. The summed E-state index contributed by atoms with van der Waals surface area (Å²) in [6.45, 7) is 0.576. The number of sulfone groups is 1. The van der Waals surface area contributed by atoms with Crippen molar-refractivity contribution in [3.8, 4) is 0 Å². The van der Waals surface area contributed by atoms with Gasteiger partial charge in [-0.05, 0) is 19.3 Å². The van der Waals surface area contributed by atoms with Crippen LogP contribution in [0, 0.1) is 5.41 Å². The van der Waals surface area contributed by atoms with E-state index in [9.17, 15) is 8.42 Å². The van der Waals surface area contributed by atoms with Crippen molar-refractivity contribution in [3.63, 3.8) is 0 Å². The lowest BCUT2D eigenvalue weighted by atomic mass is 10.1. The summed E-state index contributed by atoms with van der Waals surface area (Å²) in [5.74, 6) is -0.143. The van der Waals surface area contributed by atoms with Gasteiger partial charge in [0.05, 0.1) is 0 Å². The summed E-state index contributed by atoms with van der Waals surface area (Å²) in [4.78, 5) is 1.46. The third kappa shape index (κ3) is 2.33. The van der Waals surface area contributed by atoms with Crippen LogP contribution in [0.5, 0.6) is 0 Å². The molecule has 13 heavy (non-hydrogen) atoms. The number of rotatable bonds is 1. The highest BCUT2D eigenvalue weighted by Gasteiger charge is 2.30. The minimum absolute atomic E-state index is 0.143. The van der Waals surface area contributed by atoms with Crippen molar-refractivity contribution in [3.05, 3.63) is 0 Å². The van der Waals surface area contributed by atoms with Crippen molar-refractivity contribution in [1.29, 1.82) is 5.41 Å². The molecule has 1 heterocycles. The molecule has 0 bridgehead atoms. The van der Waals surface area contributed by atoms with Crippen LogP contribution >= 0.6 is 0 Å². The number of hydrogen-bond acceptors (Lipinski definition) is 3. The lowest BCUT2D eigenvalue weighted by molar-refractivity contribution is 0.298. The van der Waals surface area contributed by atoms with Gasteiger partial charge in [-0.15, -0.1) is 0 Å². The number of piperidine rings is 1. The first-order valence-electron chi connectivity index (χ1n) is 4.22. The predicted molar refractivity (Wildman–Crippen MR) is 51.1 cm³/mol. The Morgan fingerprint density at radius 1 is 1.54 bits per heavy atom. The third-order valence-corrected chi connectivity index (χ3v) is 3.73. The van der Waals surface area contributed by atoms with E-state index in [2.05, 4.69) is 0 Å². The average Bonchev–Trinajstić information content (AvgIpc) is 2.03. The van der Waals surface area contributed by atoms with Gasteiger partial charge < -0.3 is 10.6 Å². The van der Waals surface area contributed by atoms with Crippen LogP contribution in [-0.4, -0.2) is 37.5 Å². The second kappa shape index (κ2) is 3.53. The van der Waals surface area contributed by atoms with Gasteiger partial charge in [-0.2, -0.15) is 0 Å². The number of nitrogens with one attached hydrogen (secondary N) is 1. The topological polar surface area (TPSA) is 87.2 Å². The first kappa shape index (κ1) is 10.3. The summed E-state index contributed by atoms with van der Waals surface area (Å²) in [6, 6.07) is 0. The number of nitrogens with zero attached hydrogens (tertiary/aromatic N) is 1. The van der Waals surface area contributed by atoms with Crippen molar-refractivity contribution in [2.75, 3.05) is 12.8 Å². The number of guanidine groups is 1. The molecule has 6 heteroatoms. The first-order chi connectivity index (χ1) is 5.93. The molecule has 0 aromatic carbocycles. The molecule has 1 saturated heterocycles. The standard InChI is InChI=1S/C7H15N3O2S/c1-13(11,12)6-4-2-3-5-10(6)7(8)9/h6H,2-5H2,1H3,(H3,8,9). The zero-order valence-electron chi connectivity index (χ0n) is 7.66. The summed E-state index contributed by atoms with van der Waals surface area (Å²) in [7, 11) is -3.11.